The lowest BCUT2D eigenvalue weighted by Crippen LogP contribution is -2.40. The molecular weight excluding hydrogens is 396 g/mol. The van der Waals surface area contributed by atoms with Crippen LogP contribution in [0.4, 0.5) is 5.69 Å². The number of hydrogen-bond acceptors (Lipinski definition) is 3. The Morgan fingerprint density at radius 2 is 1.53 bits per heavy atom. The van der Waals surface area contributed by atoms with E-state index in [2.05, 4.69) is 58.3 Å². The molecule has 32 heavy (non-hydrogen) atoms. The Hall–Kier alpha value is -2.95. The SMILES string of the molecule is O=C(c1ccccc1)N1c2cccc3c2C(CCC3N2CCOCC2)C1c1ccccc1. The molecule has 1 saturated heterocycles. The fourth-order valence-electron chi connectivity index (χ4n) is 6.01. The second kappa shape index (κ2) is 8.19. The van der Waals surface area contributed by atoms with Gasteiger partial charge in [-0.25, -0.2) is 0 Å². The lowest BCUT2D eigenvalue weighted by molar-refractivity contribution is 0.0115. The molecule has 3 atom stereocenters. The molecule has 1 fully saturated rings. The maximum absolute atomic E-state index is 13.9. The summed E-state index contributed by atoms with van der Waals surface area (Å²) >= 11 is 0. The van der Waals surface area contributed by atoms with Gasteiger partial charge in [-0.2, -0.15) is 0 Å². The van der Waals surface area contributed by atoms with Crippen LogP contribution in [0.2, 0.25) is 0 Å². The third-order valence-electron chi connectivity index (χ3n) is 7.38. The molecule has 0 saturated carbocycles. The normalized spacial score (nSPS) is 24.9. The number of carbonyl (C=O) groups excluding carboxylic acids is 1. The Labute approximate surface area is 189 Å². The predicted octanol–water partition coefficient (Wildman–Crippen LogP) is 5.34. The largest absolute Gasteiger partial charge is 0.379 e. The summed E-state index contributed by atoms with van der Waals surface area (Å²) in [6, 6.07) is 27.3. The molecule has 0 spiro atoms. The van der Waals surface area contributed by atoms with Crippen molar-refractivity contribution in [3.63, 3.8) is 0 Å². The molecule has 162 valence electrons. The van der Waals surface area contributed by atoms with Crippen LogP contribution >= 0.6 is 0 Å². The van der Waals surface area contributed by atoms with Crippen LogP contribution in [0.25, 0.3) is 0 Å². The highest BCUT2D eigenvalue weighted by atomic mass is 16.5. The highest BCUT2D eigenvalue weighted by Gasteiger charge is 2.47. The van der Waals surface area contributed by atoms with Crippen LogP contribution in [0.3, 0.4) is 0 Å². The molecule has 2 heterocycles. The van der Waals surface area contributed by atoms with Crippen LogP contribution in [0, 0.1) is 0 Å². The highest BCUT2D eigenvalue weighted by molar-refractivity contribution is 6.08. The molecule has 0 aromatic heterocycles. The first-order chi connectivity index (χ1) is 15.8. The lowest BCUT2D eigenvalue weighted by Gasteiger charge is -2.40. The van der Waals surface area contributed by atoms with E-state index < -0.39 is 0 Å². The van der Waals surface area contributed by atoms with E-state index >= 15 is 0 Å². The summed E-state index contributed by atoms with van der Waals surface area (Å²) < 4.78 is 5.61. The molecule has 3 unspecified atom stereocenters. The van der Waals surface area contributed by atoms with Gasteiger partial charge < -0.3 is 4.74 Å². The average molecular weight is 425 g/mol. The number of amides is 1. The van der Waals surface area contributed by atoms with Crippen molar-refractivity contribution in [2.75, 3.05) is 31.2 Å². The third-order valence-corrected chi connectivity index (χ3v) is 7.38. The number of ether oxygens (including phenoxy) is 1. The number of anilines is 1. The van der Waals surface area contributed by atoms with Crippen molar-refractivity contribution in [1.82, 2.24) is 4.90 Å². The third kappa shape index (κ3) is 3.17. The van der Waals surface area contributed by atoms with E-state index in [1.807, 2.05) is 30.3 Å². The maximum Gasteiger partial charge on any atom is 0.258 e. The van der Waals surface area contributed by atoms with Crippen molar-refractivity contribution >= 4 is 11.6 Å². The number of benzene rings is 3. The van der Waals surface area contributed by atoms with Crippen molar-refractivity contribution in [2.45, 2.75) is 30.8 Å². The van der Waals surface area contributed by atoms with Crippen LogP contribution in [-0.4, -0.2) is 37.1 Å². The van der Waals surface area contributed by atoms with Crippen molar-refractivity contribution in [3.05, 3.63) is 101 Å². The summed E-state index contributed by atoms with van der Waals surface area (Å²) in [5.41, 5.74) is 5.84. The Morgan fingerprint density at radius 1 is 0.812 bits per heavy atom. The van der Waals surface area contributed by atoms with E-state index in [0.29, 0.717) is 12.0 Å². The zero-order valence-electron chi connectivity index (χ0n) is 18.2. The molecule has 2 aliphatic heterocycles. The van der Waals surface area contributed by atoms with Gasteiger partial charge in [-0.1, -0.05) is 60.7 Å². The van der Waals surface area contributed by atoms with Gasteiger partial charge in [0.2, 0.25) is 0 Å². The maximum atomic E-state index is 13.9. The first kappa shape index (κ1) is 19.7. The summed E-state index contributed by atoms with van der Waals surface area (Å²) in [5.74, 6) is 0.415. The average Bonchev–Trinajstić information content (AvgIpc) is 3.21. The number of rotatable bonds is 3. The summed E-state index contributed by atoms with van der Waals surface area (Å²) in [6.07, 6.45) is 2.21. The van der Waals surface area contributed by atoms with Crippen molar-refractivity contribution < 1.29 is 9.53 Å². The lowest BCUT2D eigenvalue weighted by atomic mass is 9.76. The van der Waals surface area contributed by atoms with Crippen molar-refractivity contribution in [3.8, 4) is 0 Å². The minimum absolute atomic E-state index is 0.0331. The molecular formula is C28H28N2O2. The monoisotopic (exact) mass is 424 g/mol. The first-order valence-electron chi connectivity index (χ1n) is 11.7. The zero-order chi connectivity index (χ0) is 21.5. The number of hydrogen-bond donors (Lipinski definition) is 0. The van der Waals surface area contributed by atoms with Crippen LogP contribution in [0.15, 0.2) is 78.9 Å². The number of nitrogens with zero attached hydrogens (tertiary/aromatic N) is 2. The first-order valence-corrected chi connectivity index (χ1v) is 11.7. The summed E-state index contributed by atoms with van der Waals surface area (Å²) in [5, 5.41) is 0. The van der Waals surface area contributed by atoms with Crippen LogP contribution < -0.4 is 4.90 Å². The molecule has 6 rings (SSSR count). The second-order valence-corrected chi connectivity index (χ2v) is 9.02. The Bertz CT molecular complexity index is 1110. The molecule has 3 aromatic rings. The van der Waals surface area contributed by atoms with Gasteiger partial charge in [0.25, 0.3) is 5.91 Å². The Balaban J connectivity index is 1.48. The molecule has 0 radical (unpaired) electrons. The van der Waals surface area contributed by atoms with E-state index in [9.17, 15) is 4.79 Å². The Morgan fingerprint density at radius 3 is 2.28 bits per heavy atom. The molecule has 0 N–H and O–H groups in total. The van der Waals surface area contributed by atoms with Gasteiger partial charge in [-0.15, -0.1) is 0 Å². The molecule has 3 aliphatic rings. The topological polar surface area (TPSA) is 32.8 Å². The molecule has 0 bridgehead atoms. The van der Waals surface area contributed by atoms with Crippen LogP contribution in [0.1, 0.15) is 57.9 Å². The smallest absolute Gasteiger partial charge is 0.258 e. The number of carbonyl (C=O) groups is 1. The van der Waals surface area contributed by atoms with E-state index in [-0.39, 0.29) is 11.9 Å². The van der Waals surface area contributed by atoms with Gasteiger partial charge in [0.05, 0.1) is 19.3 Å². The number of morpholine rings is 1. The van der Waals surface area contributed by atoms with Crippen LogP contribution in [-0.2, 0) is 4.74 Å². The fourth-order valence-corrected chi connectivity index (χ4v) is 6.01. The molecule has 4 heteroatoms. The molecule has 1 amide bonds. The van der Waals surface area contributed by atoms with E-state index in [4.69, 9.17) is 4.74 Å². The fraction of sp³-hybridized carbons (Fsp3) is 0.321. The van der Waals surface area contributed by atoms with Crippen molar-refractivity contribution in [1.29, 1.82) is 0 Å². The molecule has 3 aromatic carbocycles. The standard InChI is InChI=1S/C28H28N2O2/c31-28(21-10-5-2-6-11-21)30-25-13-7-12-22-24(29-16-18-32-19-17-29)15-14-23(26(22)25)27(30)20-8-3-1-4-9-20/h1-13,23-24,27H,14-19H2. The van der Waals surface area contributed by atoms with Gasteiger partial charge in [-0.3, -0.25) is 14.6 Å². The van der Waals surface area contributed by atoms with Gasteiger partial charge in [0.1, 0.15) is 0 Å². The highest BCUT2D eigenvalue weighted by Crippen LogP contribution is 2.57. The van der Waals surface area contributed by atoms with E-state index in [0.717, 1.165) is 50.4 Å². The van der Waals surface area contributed by atoms with Crippen LogP contribution in [0.5, 0.6) is 0 Å². The van der Waals surface area contributed by atoms with Crippen molar-refractivity contribution in [2.24, 2.45) is 0 Å². The van der Waals surface area contributed by atoms with E-state index in [1.165, 1.54) is 16.7 Å². The molecule has 4 nitrogen and oxygen atoms in total. The zero-order valence-corrected chi connectivity index (χ0v) is 18.2. The molecule has 1 aliphatic carbocycles. The van der Waals surface area contributed by atoms with Gasteiger partial charge in [-0.05, 0) is 47.7 Å². The van der Waals surface area contributed by atoms with Gasteiger partial charge in [0.15, 0.2) is 0 Å². The summed E-state index contributed by atoms with van der Waals surface area (Å²) in [4.78, 5) is 18.5. The minimum atomic E-state index is 0.0331. The summed E-state index contributed by atoms with van der Waals surface area (Å²) in [6.45, 7) is 3.57. The van der Waals surface area contributed by atoms with E-state index in [1.54, 1.807) is 0 Å². The summed E-state index contributed by atoms with van der Waals surface area (Å²) in [7, 11) is 0. The quantitative estimate of drug-likeness (QED) is 0.569. The second-order valence-electron chi connectivity index (χ2n) is 9.02. The predicted molar refractivity (Wildman–Crippen MR) is 126 cm³/mol. The minimum Gasteiger partial charge on any atom is -0.379 e. The Kier molecular flexibility index (Phi) is 5.05. The van der Waals surface area contributed by atoms with Gasteiger partial charge in [0, 0.05) is 36.3 Å². The van der Waals surface area contributed by atoms with Gasteiger partial charge >= 0.3 is 0 Å².